The van der Waals surface area contributed by atoms with E-state index < -0.39 is 0 Å². The van der Waals surface area contributed by atoms with E-state index in [9.17, 15) is 0 Å². The van der Waals surface area contributed by atoms with Gasteiger partial charge in [-0.1, -0.05) is 17.1 Å². The van der Waals surface area contributed by atoms with Crippen LogP contribution in [0.5, 0.6) is 0 Å². The predicted molar refractivity (Wildman–Crippen MR) is 80.7 cm³/mol. The summed E-state index contributed by atoms with van der Waals surface area (Å²) in [5.41, 5.74) is 4.90. The summed E-state index contributed by atoms with van der Waals surface area (Å²) in [5, 5.41) is 2.14. The minimum atomic E-state index is 0.677. The fourth-order valence-corrected chi connectivity index (χ4v) is 2.78. The second kappa shape index (κ2) is 4.38. The van der Waals surface area contributed by atoms with Crippen molar-refractivity contribution in [1.29, 1.82) is 0 Å². The number of hydrogen-bond donors (Lipinski definition) is 0. The van der Waals surface area contributed by atoms with Crippen LogP contribution in [0.3, 0.4) is 0 Å². The Balaban J connectivity index is 2.18. The molecule has 0 fully saturated rings. The third kappa shape index (κ3) is 1.72. The van der Waals surface area contributed by atoms with Gasteiger partial charge in [0.05, 0.1) is 12.6 Å². The molecular weight excluding hydrogens is 262 g/mol. The van der Waals surface area contributed by atoms with Crippen LogP contribution < -0.4 is 4.57 Å². The molecule has 0 aliphatic rings. The molecule has 0 saturated carbocycles. The molecule has 0 saturated heterocycles. The molecule has 4 heteroatoms. The Morgan fingerprint density at radius 2 is 1.95 bits per heavy atom. The smallest absolute Gasteiger partial charge is 0.286 e. The number of nitrogens with zero attached hydrogens (tertiary/aromatic N) is 3. The summed E-state index contributed by atoms with van der Waals surface area (Å²) >= 11 is 0. The molecule has 0 bridgehead atoms. The van der Waals surface area contributed by atoms with Crippen molar-refractivity contribution in [3.8, 4) is 11.3 Å². The highest BCUT2D eigenvalue weighted by molar-refractivity contribution is 6.08. The molecule has 102 valence electrons. The lowest BCUT2D eigenvalue weighted by atomic mass is 10.0. The molecule has 0 radical (unpaired) electrons. The number of furan rings is 1. The fourth-order valence-electron chi connectivity index (χ4n) is 2.78. The van der Waals surface area contributed by atoms with E-state index in [1.165, 1.54) is 5.56 Å². The van der Waals surface area contributed by atoms with Crippen molar-refractivity contribution >= 4 is 22.1 Å². The second-order valence-electron chi connectivity index (χ2n) is 5.17. The van der Waals surface area contributed by atoms with Crippen LogP contribution in [0.4, 0.5) is 0 Å². The van der Waals surface area contributed by atoms with E-state index in [0.29, 0.717) is 5.71 Å². The Morgan fingerprint density at radius 3 is 2.81 bits per heavy atom. The Bertz CT molecular complexity index is 972. The molecule has 0 amide bonds. The normalized spacial score (nSPS) is 11.3. The van der Waals surface area contributed by atoms with Crippen molar-refractivity contribution in [1.82, 2.24) is 9.97 Å². The monoisotopic (exact) mass is 276 g/mol. The van der Waals surface area contributed by atoms with Gasteiger partial charge in [0.1, 0.15) is 17.5 Å². The highest BCUT2D eigenvalue weighted by Gasteiger charge is 2.18. The van der Waals surface area contributed by atoms with Gasteiger partial charge in [-0.05, 0) is 24.6 Å². The third-order valence-corrected chi connectivity index (χ3v) is 3.82. The van der Waals surface area contributed by atoms with Crippen molar-refractivity contribution in [2.75, 3.05) is 0 Å². The second-order valence-corrected chi connectivity index (χ2v) is 5.17. The molecule has 3 heterocycles. The van der Waals surface area contributed by atoms with E-state index in [4.69, 9.17) is 4.42 Å². The van der Waals surface area contributed by atoms with Crippen LogP contribution in [0, 0.1) is 6.92 Å². The van der Waals surface area contributed by atoms with E-state index in [0.717, 1.165) is 27.6 Å². The van der Waals surface area contributed by atoms with Crippen LogP contribution in [0.25, 0.3) is 33.3 Å². The average molecular weight is 276 g/mol. The van der Waals surface area contributed by atoms with Crippen molar-refractivity contribution in [3.05, 3.63) is 54.6 Å². The lowest BCUT2D eigenvalue weighted by Gasteiger charge is -2.06. The zero-order chi connectivity index (χ0) is 14.4. The minimum Gasteiger partial charge on any atom is -0.437 e. The Morgan fingerprint density at radius 1 is 1.05 bits per heavy atom. The number of pyridine rings is 1. The van der Waals surface area contributed by atoms with Crippen molar-refractivity contribution < 1.29 is 8.98 Å². The van der Waals surface area contributed by atoms with Crippen LogP contribution in [0.1, 0.15) is 5.56 Å². The summed E-state index contributed by atoms with van der Waals surface area (Å²) in [7, 11) is 1.99. The maximum atomic E-state index is 6.03. The van der Waals surface area contributed by atoms with Gasteiger partial charge in [0.15, 0.2) is 0 Å². The number of hydrogen-bond acceptors (Lipinski definition) is 3. The Labute approximate surface area is 121 Å². The van der Waals surface area contributed by atoms with Crippen LogP contribution in [0.2, 0.25) is 0 Å². The maximum Gasteiger partial charge on any atom is 0.286 e. The van der Waals surface area contributed by atoms with Gasteiger partial charge in [-0.25, -0.2) is 9.55 Å². The maximum absolute atomic E-state index is 6.03. The molecule has 0 spiro atoms. The first-order valence-corrected chi connectivity index (χ1v) is 6.82. The van der Waals surface area contributed by atoms with Gasteiger partial charge in [0.25, 0.3) is 6.33 Å². The summed E-state index contributed by atoms with van der Waals surface area (Å²) in [4.78, 5) is 8.46. The van der Waals surface area contributed by atoms with Crippen LogP contribution >= 0.6 is 0 Å². The lowest BCUT2D eigenvalue weighted by Crippen LogP contribution is -2.31. The molecular formula is C17H14N3O+. The molecule has 0 unspecified atom stereocenters. The van der Waals surface area contributed by atoms with Gasteiger partial charge in [-0.3, -0.25) is 0 Å². The zero-order valence-electron chi connectivity index (χ0n) is 11.9. The lowest BCUT2D eigenvalue weighted by molar-refractivity contribution is -0.663. The average Bonchev–Trinajstić information content (AvgIpc) is 2.87. The summed E-state index contributed by atoms with van der Waals surface area (Å²) < 4.78 is 8.03. The van der Waals surface area contributed by atoms with E-state index in [-0.39, 0.29) is 0 Å². The highest BCUT2D eigenvalue weighted by atomic mass is 16.3. The number of aryl methyl sites for hydroxylation is 2. The van der Waals surface area contributed by atoms with E-state index >= 15 is 0 Å². The van der Waals surface area contributed by atoms with Gasteiger partial charge in [-0.2, -0.15) is 0 Å². The summed E-state index contributed by atoms with van der Waals surface area (Å²) in [6.07, 6.45) is 5.35. The molecule has 0 aliphatic carbocycles. The van der Waals surface area contributed by atoms with Crippen LogP contribution in [-0.4, -0.2) is 9.97 Å². The van der Waals surface area contributed by atoms with Gasteiger partial charge >= 0.3 is 0 Å². The summed E-state index contributed by atoms with van der Waals surface area (Å²) in [6.45, 7) is 2.09. The molecule has 0 aliphatic heterocycles. The number of benzene rings is 1. The SMILES string of the molecule is Cc1ccc2c(oc3ncccc32)c1-c1ccnc[n+]1C. The minimum absolute atomic E-state index is 0.677. The molecule has 0 atom stereocenters. The molecule has 4 aromatic rings. The zero-order valence-corrected chi connectivity index (χ0v) is 11.9. The number of fused-ring (bicyclic) bond motifs is 3. The predicted octanol–water partition coefficient (Wildman–Crippen LogP) is 3.18. The molecule has 4 nitrogen and oxygen atoms in total. The largest absolute Gasteiger partial charge is 0.437 e. The third-order valence-electron chi connectivity index (χ3n) is 3.82. The molecule has 21 heavy (non-hydrogen) atoms. The fraction of sp³-hybridized carbons (Fsp3) is 0.118. The standard InChI is InChI=1S/C17H14N3O/c1-11-5-6-12-13-4-3-8-19-17(13)21-16(12)15(11)14-7-9-18-10-20(14)2/h3-10H,1-2H3/q+1. The molecule has 4 rings (SSSR count). The van der Waals surface area contributed by atoms with E-state index in [1.54, 1.807) is 18.7 Å². The van der Waals surface area contributed by atoms with E-state index in [2.05, 4.69) is 29.0 Å². The molecule has 3 aromatic heterocycles. The Kier molecular flexibility index (Phi) is 2.51. The van der Waals surface area contributed by atoms with E-state index in [1.807, 2.05) is 29.8 Å². The number of rotatable bonds is 1. The quantitative estimate of drug-likeness (QED) is 0.501. The van der Waals surface area contributed by atoms with Crippen LogP contribution in [-0.2, 0) is 7.05 Å². The highest BCUT2D eigenvalue weighted by Crippen LogP contribution is 2.35. The van der Waals surface area contributed by atoms with Gasteiger partial charge < -0.3 is 4.42 Å². The van der Waals surface area contributed by atoms with Gasteiger partial charge in [0, 0.05) is 23.0 Å². The van der Waals surface area contributed by atoms with Crippen molar-refractivity contribution in [2.45, 2.75) is 6.92 Å². The van der Waals surface area contributed by atoms with Crippen LogP contribution in [0.15, 0.2) is 53.5 Å². The van der Waals surface area contributed by atoms with Gasteiger partial charge in [0.2, 0.25) is 5.71 Å². The van der Waals surface area contributed by atoms with Crippen molar-refractivity contribution in [3.63, 3.8) is 0 Å². The summed E-state index contributed by atoms with van der Waals surface area (Å²) in [6, 6.07) is 10.2. The summed E-state index contributed by atoms with van der Waals surface area (Å²) in [5.74, 6) is 0. The van der Waals surface area contributed by atoms with Crippen molar-refractivity contribution in [2.24, 2.45) is 7.05 Å². The molecule has 1 aromatic carbocycles. The first kappa shape index (κ1) is 12.0. The first-order chi connectivity index (χ1) is 10.3. The first-order valence-electron chi connectivity index (χ1n) is 6.82. The Hall–Kier alpha value is -2.75. The van der Waals surface area contributed by atoms with Gasteiger partial charge in [-0.15, -0.1) is 0 Å². The molecule has 0 N–H and O–H groups in total. The number of aromatic nitrogens is 3. The topological polar surface area (TPSA) is 42.8 Å².